The molecule has 0 saturated heterocycles. The maximum absolute atomic E-state index is 11.1. The van der Waals surface area contributed by atoms with Crippen LogP contribution in [0.25, 0.3) is 0 Å². The smallest absolute Gasteiger partial charge is 0.328 e. The van der Waals surface area contributed by atoms with Crippen LogP contribution in [0.5, 0.6) is 0 Å². The molecular weight excluding hydrogens is 200 g/mol. The summed E-state index contributed by atoms with van der Waals surface area (Å²) in [5, 5.41) is 22.1. The first-order chi connectivity index (χ1) is 6.99. The highest BCUT2D eigenvalue weighted by Crippen LogP contribution is 1.92. The number of rotatable bonds is 5. The van der Waals surface area contributed by atoms with E-state index in [0.717, 1.165) is 0 Å². The van der Waals surface area contributed by atoms with Crippen molar-refractivity contribution in [3.8, 4) is 12.3 Å². The summed E-state index contributed by atoms with van der Waals surface area (Å²) in [6, 6.07) is -1.99. The molecule has 0 radical (unpaired) electrons. The van der Waals surface area contributed by atoms with E-state index in [0.29, 0.717) is 6.42 Å². The molecule has 2 amide bonds. The molecule has 0 aromatic heterocycles. The van der Waals surface area contributed by atoms with Gasteiger partial charge in [0.05, 0.1) is 6.10 Å². The van der Waals surface area contributed by atoms with Crippen LogP contribution in [0, 0.1) is 12.3 Å². The molecule has 0 rings (SSSR count). The van der Waals surface area contributed by atoms with Gasteiger partial charge in [-0.15, -0.1) is 12.3 Å². The Balaban J connectivity index is 4.02. The fraction of sp³-hybridized carbons (Fsp3) is 0.556. The summed E-state index contributed by atoms with van der Waals surface area (Å²) in [7, 11) is 0. The zero-order valence-electron chi connectivity index (χ0n) is 8.36. The fourth-order valence-electron chi connectivity index (χ4n) is 0.829. The van der Waals surface area contributed by atoms with Crippen LogP contribution in [0.15, 0.2) is 0 Å². The number of terminal acetylenes is 1. The number of hydrogen-bond acceptors (Lipinski definition) is 3. The Morgan fingerprint density at radius 3 is 2.53 bits per heavy atom. The molecule has 0 aliphatic carbocycles. The SMILES string of the molecule is C#CCCNC(=O)NC(C(=O)O)C(C)O. The van der Waals surface area contributed by atoms with Crippen molar-refractivity contribution in [2.24, 2.45) is 0 Å². The predicted octanol–water partition coefficient (Wildman–Crippen LogP) is -0.857. The van der Waals surface area contributed by atoms with Gasteiger partial charge in [-0.25, -0.2) is 9.59 Å². The van der Waals surface area contributed by atoms with Gasteiger partial charge in [0, 0.05) is 13.0 Å². The van der Waals surface area contributed by atoms with E-state index in [1.807, 2.05) is 0 Å². The first-order valence-electron chi connectivity index (χ1n) is 4.37. The van der Waals surface area contributed by atoms with Gasteiger partial charge in [-0.2, -0.15) is 0 Å². The second kappa shape index (κ2) is 6.68. The van der Waals surface area contributed by atoms with Crippen LogP contribution in [0.3, 0.4) is 0 Å². The molecule has 0 aromatic rings. The minimum Gasteiger partial charge on any atom is -0.480 e. The monoisotopic (exact) mass is 214 g/mol. The average Bonchev–Trinajstić information content (AvgIpc) is 2.13. The van der Waals surface area contributed by atoms with Gasteiger partial charge in [-0.3, -0.25) is 0 Å². The van der Waals surface area contributed by atoms with E-state index >= 15 is 0 Å². The Kier molecular flexibility index (Phi) is 5.90. The van der Waals surface area contributed by atoms with E-state index in [4.69, 9.17) is 16.6 Å². The number of hydrogen-bond donors (Lipinski definition) is 4. The molecule has 4 N–H and O–H groups in total. The molecule has 0 bridgehead atoms. The second-order valence-electron chi connectivity index (χ2n) is 2.91. The van der Waals surface area contributed by atoms with Crippen molar-refractivity contribution in [3.05, 3.63) is 0 Å². The van der Waals surface area contributed by atoms with Crippen LogP contribution < -0.4 is 10.6 Å². The van der Waals surface area contributed by atoms with Crippen LogP contribution in [0.2, 0.25) is 0 Å². The molecule has 0 aliphatic rings. The van der Waals surface area contributed by atoms with Crippen LogP contribution in [0.1, 0.15) is 13.3 Å². The number of amides is 2. The molecule has 0 heterocycles. The zero-order valence-corrected chi connectivity index (χ0v) is 8.36. The van der Waals surface area contributed by atoms with Crippen LogP contribution in [0.4, 0.5) is 4.79 Å². The van der Waals surface area contributed by atoms with E-state index in [-0.39, 0.29) is 6.54 Å². The Morgan fingerprint density at radius 1 is 1.53 bits per heavy atom. The van der Waals surface area contributed by atoms with E-state index in [2.05, 4.69) is 16.6 Å². The number of aliphatic hydroxyl groups excluding tert-OH is 1. The number of carbonyl (C=O) groups excluding carboxylic acids is 1. The number of nitrogens with one attached hydrogen (secondary N) is 2. The molecule has 15 heavy (non-hydrogen) atoms. The lowest BCUT2D eigenvalue weighted by atomic mass is 10.2. The summed E-state index contributed by atoms with van der Waals surface area (Å²) in [6.07, 6.45) is 4.15. The van der Waals surface area contributed by atoms with Crippen molar-refractivity contribution in [3.63, 3.8) is 0 Å². The van der Waals surface area contributed by atoms with Gasteiger partial charge >= 0.3 is 12.0 Å². The van der Waals surface area contributed by atoms with Crippen molar-refractivity contribution in [2.45, 2.75) is 25.5 Å². The van der Waals surface area contributed by atoms with Gasteiger partial charge in [0.15, 0.2) is 6.04 Å². The normalized spacial score (nSPS) is 13.4. The van der Waals surface area contributed by atoms with Gasteiger partial charge in [0.1, 0.15) is 0 Å². The van der Waals surface area contributed by atoms with Crippen molar-refractivity contribution < 1.29 is 19.8 Å². The molecule has 0 aliphatic heterocycles. The quantitative estimate of drug-likeness (QED) is 0.353. The summed E-state index contributed by atoms with van der Waals surface area (Å²) in [5.74, 6) is 1.02. The summed E-state index contributed by atoms with van der Waals surface area (Å²) in [6.45, 7) is 1.54. The first kappa shape index (κ1) is 13.3. The molecule has 2 atom stereocenters. The van der Waals surface area contributed by atoms with Crippen molar-refractivity contribution in [2.75, 3.05) is 6.54 Å². The van der Waals surface area contributed by atoms with Gasteiger partial charge in [-0.1, -0.05) is 0 Å². The van der Waals surface area contributed by atoms with Gasteiger partial charge in [0.2, 0.25) is 0 Å². The maximum Gasteiger partial charge on any atom is 0.328 e. The summed E-state index contributed by atoms with van der Waals surface area (Å²) >= 11 is 0. The minimum absolute atomic E-state index is 0.258. The van der Waals surface area contributed by atoms with Crippen molar-refractivity contribution in [1.29, 1.82) is 0 Å². The van der Waals surface area contributed by atoms with Crippen molar-refractivity contribution >= 4 is 12.0 Å². The number of carboxylic acid groups (broad SMARTS) is 1. The van der Waals surface area contributed by atoms with Gasteiger partial charge in [0.25, 0.3) is 0 Å². The highest BCUT2D eigenvalue weighted by atomic mass is 16.4. The Bertz CT molecular complexity index is 270. The third-order valence-electron chi connectivity index (χ3n) is 1.59. The maximum atomic E-state index is 11.1. The van der Waals surface area contributed by atoms with Crippen LogP contribution >= 0.6 is 0 Å². The number of urea groups is 1. The van der Waals surface area contributed by atoms with Crippen molar-refractivity contribution in [1.82, 2.24) is 10.6 Å². The lowest BCUT2D eigenvalue weighted by Crippen LogP contribution is -2.51. The molecular formula is C9H14N2O4. The molecule has 0 aromatic carbocycles. The summed E-state index contributed by atoms with van der Waals surface area (Å²) < 4.78 is 0. The van der Waals surface area contributed by atoms with E-state index in [1.165, 1.54) is 6.92 Å². The lowest BCUT2D eigenvalue weighted by molar-refractivity contribution is -0.141. The number of carboxylic acids is 1. The first-order valence-corrected chi connectivity index (χ1v) is 4.37. The number of aliphatic hydroxyl groups is 1. The third-order valence-corrected chi connectivity index (χ3v) is 1.59. The van der Waals surface area contributed by atoms with Gasteiger partial charge < -0.3 is 20.8 Å². The number of carbonyl (C=O) groups is 2. The highest BCUT2D eigenvalue weighted by Gasteiger charge is 2.24. The lowest BCUT2D eigenvalue weighted by Gasteiger charge is -2.17. The second-order valence-corrected chi connectivity index (χ2v) is 2.91. The Morgan fingerprint density at radius 2 is 2.13 bits per heavy atom. The van der Waals surface area contributed by atoms with Crippen LogP contribution in [-0.4, -0.2) is 40.9 Å². The van der Waals surface area contributed by atoms with E-state index in [9.17, 15) is 9.59 Å². The highest BCUT2D eigenvalue weighted by molar-refractivity contribution is 5.82. The third kappa shape index (κ3) is 5.54. The molecule has 0 saturated carbocycles. The standard InChI is InChI=1S/C9H14N2O4/c1-3-4-5-10-9(15)11-7(6(2)12)8(13)14/h1,6-7,12H,4-5H2,2H3,(H,13,14)(H2,10,11,15). The Labute approximate surface area is 87.7 Å². The van der Waals surface area contributed by atoms with Crippen LogP contribution in [-0.2, 0) is 4.79 Å². The molecule has 2 unspecified atom stereocenters. The molecule has 6 nitrogen and oxygen atoms in total. The van der Waals surface area contributed by atoms with E-state index in [1.54, 1.807) is 0 Å². The topological polar surface area (TPSA) is 98.7 Å². The average molecular weight is 214 g/mol. The molecule has 0 fully saturated rings. The molecule has 6 heteroatoms. The summed E-state index contributed by atoms with van der Waals surface area (Å²) in [5.41, 5.74) is 0. The predicted molar refractivity (Wildman–Crippen MR) is 53.1 cm³/mol. The summed E-state index contributed by atoms with van der Waals surface area (Å²) in [4.78, 5) is 21.6. The minimum atomic E-state index is -1.32. The Hall–Kier alpha value is -1.74. The molecule has 84 valence electrons. The number of aliphatic carboxylic acids is 1. The van der Waals surface area contributed by atoms with E-state index < -0.39 is 24.1 Å². The molecule has 0 spiro atoms. The fourth-order valence-corrected chi connectivity index (χ4v) is 0.829. The largest absolute Gasteiger partial charge is 0.480 e. The zero-order chi connectivity index (χ0) is 11.8. The van der Waals surface area contributed by atoms with Gasteiger partial charge in [-0.05, 0) is 6.92 Å².